The van der Waals surface area contributed by atoms with Crippen LogP contribution in [-0.4, -0.2) is 37.0 Å². The average Bonchev–Trinajstić information content (AvgIpc) is 3.15. The van der Waals surface area contributed by atoms with Crippen LogP contribution in [0.15, 0.2) is 50.6 Å². The van der Waals surface area contributed by atoms with Gasteiger partial charge in [0.2, 0.25) is 0 Å². The summed E-state index contributed by atoms with van der Waals surface area (Å²) in [5, 5.41) is 2.90. The highest BCUT2D eigenvalue weighted by Crippen LogP contribution is 2.39. The first-order valence-corrected chi connectivity index (χ1v) is 17.4. The fourth-order valence-electron chi connectivity index (χ4n) is 4.98. The molecule has 5 heteroatoms. The summed E-state index contributed by atoms with van der Waals surface area (Å²) < 4.78 is 12.7. The topological polar surface area (TPSA) is 73.6 Å². The van der Waals surface area contributed by atoms with Crippen LogP contribution >= 0.6 is 0 Å². The summed E-state index contributed by atoms with van der Waals surface area (Å²) in [5.74, 6) is 60.0. The van der Waals surface area contributed by atoms with Crippen LogP contribution in [0.25, 0.3) is 0 Å². The molecule has 1 rings (SSSR count). The molecule has 5 nitrogen and oxygen atoms in total. The summed E-state index contributed by atoms with van der Waals surface area (Å²) in [4.78, 5) is 12.8. The van der Waals surface area contributed by atoms with Crippen LogP contribution in [0.1, 0.15) is 53.4 Å². The number of amides is 1. The van der Waals surface area contributed by atoms with Crippen LogP contribution < -0.4 is 11.1 Å². The van der Waals surface area contributed by atoms with Gasteiger partial charge < -0.3 is 20.5 Å². The predicted molar refractivity (Wildman–Crippen MR) is 223 cm³/mol. The highest BCUT2D eigenvalue weighted by atomic mass is 16.7. The lowest BCUT2D eigenvalue weighted by molar-refractivity contribution is -0.235. The van der Waals surface area contributed by atoms with Gasteiger partial charge in [0.25, 0.3) is 5.91 Å². The van der Waals surface area contributed by atoms with Crippen molar-refractivity contribution < 1.29 is 14.3 Å². The molecule has 1 aliphatic heterocycles. The predicted octanol–water partition coefficient (Wildman–Crippen LogP) is 4.80. The van der Waals surface area contributed by atoms with Crippen LogP contribution in [0.3, 0.4) is 0 Å². The standard InChI is InChI=1S/C50H44N2O3/c1-9-14-15-16-17-18-19-20-21-22-23-24-25-26-27-28-29-30-31-32-33-34-35-39-48(53)52-46(45(51)38-36-40-50(6,7)8)41-54-49-44(13-5)42(11-3)43(12-4)47(55-49)37-10-2/h10-13,42-47,49H,2-5,36-38,40-41,51H2,1,6-8H3,(H,52,53)/t42-,43+,44?,45+,46-,47?,49+/m0/s1. The largest absolute Gasteiger partial charge is 0.350 e. The minimum absolute atomic E-state index is 0.00213. The van der Waals surface area contributed by atoms with Crippen molar-refractivity contribution in [3.8, 4) is 142 Å². The second-order valence-corrected chi connectivity index (χ2v) is 12.7. The zero-order chi connectivity index (χ0) is 40.6. The van der Waals surface area contributed by atoms with Crippen molar-refractivity contribution in [2.45, 2.75) is 77.9 Å². The Morgan fingerprint density at radius 1 is 0.709 bits per heavy atom. The molecule has 1 heterocycles. The number of nitrogens with one attached hydrogen (secondary N) is 1. The second kappa shape index (κ2) is 28.6. The first kappa shape index (κ1) is 46.1. The molecule has 2 unspecified atom stereocenters. The normalized spacial score (nSPS) is 17.7. The Hall–Kier alpha value is -6.97. The van der Waals surface area contributed by atoms with Gasteiger partial charge >= 0.3 is 0 Å². The molecule has 0 aromatic rings. The smallest absolute Gasteiger partial charge is 0.297 e. The van der Waals surface area contributed by atoms with E-state index in [9.17, 15) is 4.79 Å². The highest BCUT2D eigenvalue weighted by Gasteiger charge is 2.42. The maximum Gasteiger partial charge on any atom is 0.297 e. The Kier molecular flexibility index (Phi) is 23.9. The molecule has 0 aliphatic carbocycles. The summed E-state index contributed by atoms with van der Waals surface area (Å²) >= 11 is 0. The number of hydrogen-bond acceptors (Lipinski definition) is 4. The lowest BCUT2D eigenvalue weighted by Crippen LogP contribution is -2.53. The fraction of sp³-hybridized carbons (Fsp3) is 0.340. The zero-order valence-corrected chi connectivity index (χ0v) is 32.0. The molecular formula is C50H44N2O3. The average molecular weight is 721 g/mol. The van der Waals surface area contributed by atoms with E-state index in [0.717, 1.165) is 12.8 Å². The minimum atomic E-state index is -0.628. The Labute approximate surface area is 330 Å². The van der Waals surface area contributed by atoms with Crippen molar-refractivity contribution in [3.63, 3.8) is 0 Å². The monoisotopic (exact) mass is 720 g/mol. The Balaban J connectivity index is 2.87. The third-order valence-corrected chi connectivity index (χ3v) is 7.51. The van der Waals surface area contributed by atoms with E-state index in [0.29, 0.717) is 12.8 Å². The zero-order valence-electron chi connectivity index (χ0n) is 32.0. The summed E-state index contributed by atoms with van der Waals surface area (Å²) in [5.41, 5.74) is 6.78. The molecule has 272 valence electrons. The van der Waals surface area contributed by atoms with Gasteiger partial charge in [0.15, 0.2) is 6.29 Å². The highest BCUT2D eigenvalue weighted by molar-refractivity contribution is 5.94. The Morgan fingerprint density at radius 2 is 1.15 bits per heavy atom. The van der Waals surface area contributed by atoms with E-state index in [1.54, 1.807) is 6.92 Å². The van der Waals surface area contributed by atoms with Crippen LogP contribution in [0, 0.1) is 165 Å². The fourth-order valence-corrected chi connectivity index (χ4v) is 4.98. The maximum atomic E-state index is 12.8. The third-order valence-electron chi connectivity index (χ3n) is 7.51. The number of ether oxygens (including phenoxy) is 2. The molecule has 0 bridgehead atoms. The molecule has 55 heavy (non-hydrogen) atoms. The summed E-state index contributed by atoms with van der Waals surface area (Å²) in [7, 11) is 0. The van der Waals surface area contributed by atoms with Crippen molar-refractivity contribution in [1.29, 1.82) is 0 Å². The van der Waals surface area contributed by atoms with Gasteiger partial charge in [0.1, 0.15) is 0 Å². The van der Waals surface area contributed by atoms with Crippen molar-refractivity contribution in [2.24, 2.45) is 28.9 Å². The molecule has 3 N–H and O–H groups in total. The van der Waals surface area contributed by atoms with Crippen molar-refractivity contribution in [3.05, 3.63) is 50.6 Å². The van der Waals surface area contributed by atoms with E-state index in [2.05, 4.69) is 194 Å². The van der Waals surface area contributed by atoms with E-state index >= 15 is 0 Å². The Morgan fingerprint density at radius 3 is 1.55 bits per heavy atom. The molecule has 0 aromatic carbocycles. The number of nitrogens with two attached hydrogens (primary N) is 1. The molecular weight excluding hydrogens is 677 g/mol. The third kappa shape index (κ3) is 21.2. The maximum absolute atomic E-state index is 12.8. The van der Waals surface area contributed by atoms with Gasteiger partial charge in [-0.3, -0.25) is 4.79 Å². The van der Waals surface area contributed by atoms with Crippen LogP contribution in [-0.2, 0) is 14.3 Å². The molecule has 0 spiro atoms. The van der Waals surface area contributed by atoms with Crippen molar-refractivity contribution in [2.75, 3.05) is 6.61 Å². The molecule has 0 radical (unpaired) electrons. The van der Waals surface area contributed by atoms with Gasteiger partial charge in [-0.2, -0.15) is 0 Å². The van der Waals surface area contributed by atoms with E-state index in [-0.39, 0.29) is 41.9 Å². The van der Waals surface area contributed by atoms with Crippen molar-refractivity contribution >= 4 is 5.91 Å². The summed E-state index contributed by atoms with van der Waals surface area (Å²) in [6.45, 7) is 24.3. The number of hydrogen-bond donors (Lipinski definition) is 2. The van der Waals surface area contributed by atoms with E-state index in [4.69, 9.17) is 15.2 Å². The molecule has 1 fully saturated rings. The quantitative estimate of drug-likeness (QED) is 0.212. The van der Waals surface area contributed by atoms with Gasteiger partial charge in [-0.1, -0.05) is 57.4 Å². The molecule has 7 atom stereocenters. The van der Waals surface area contributed by atoms with Crippen LogP contribution in [0.2, 0.25) is 0 Å². The number of allylic oxidation sites excluding steroid dienone is 1. The number of carbonyl (C=O) groups is 1. The number of rotatable bonds is 13. The molecule has 0 saturated carbocycles. The van der Waals surface area contributed by atoms with Gasteiger partial charge in [-0.15, -0.1) is 26.3 Å². The van der Waals surface area contributed by atoms with Gasteiger partial charge in [0, 0.05) is 59.3 Å². The van der Waals surface area contributed by atoms with Crippen molar-refractivity contribution in [1.82, 2.24) is 5.32 Å². The van der Waals surface area contributed by atoms with E-state index in [1.807, 2.05) is 24.3 Å². The molecule has 1 aliphatic rings. The number of carbonyl (C=O) groups excluding carboxylic acids is 1. The van der Waals surface area contributed by atoms with E-state index in [1.165, 1.54) is 0 Å². The summed E-state index contributed by atoms with van der Waals surface area (Å²) in [6, 6.07) is -0.925. The lowest BCUT2D eigenvalue weighted by Gasteiger charge is -2.44. The van der Waals surface area contributed by atoms with Crippen LogP contribution in [0.4, 0.5) is 0 Å². The molecule has 1 saturated heterocycles. The first-order valence-electron chi connectivity index (χ1n) is 17.4. The molecule has 0 aromatic heterocycles. The van der Waals surface area contributed by atoms with Gasteiger partial charge in [0.05, 0.1) is 18.8 Å². The minimum Gasteiger partial charge on any atom is -0.350 e. The van der Waals surface area contributed by atoms with E-state index < -0.39 is 18.2 Å². The summed E-state index contributed by atoms with van der Waals surface area (Å²) in [6.07, 6.45) is 9.74. The Bertz CT molecular complexity index is 2200. The second-order valence-electron chi connectivity index (χ2n) is 12.7. The van der Waals surface area contributed by atoms with Gasteiger partial charge in [-0.25, -0.2) is 0 Å². The SMILES string of the molecule is C=CCC1O[C@@H](OC[C@H](NC(=O)C#CC#CC#CC#CC#CC#CC#CC#CC#CC#CC#CC#CC)[C@H](N)CCCC(C)(C)C)C(C=C)[C@@H](C=C)[C@H]1C=C. The lowest BCUT2D eigenvalue weighted by atomic mass is 9.75. The first-order chi connectivity index (χ1) is 26.6. The van der Waals surface area contributed by atoms with Crippen LogP contribution in [0.5, 0.6) is 0 Å². The van der Waals surface area contributed by atoms with Gasteiger partial charge in [-0.05, 0) is 132 Å². The molecule has 1 amide bonds.